The molecule has 1 N–H and O–H groups in total. The third-order valence-electron chi connectivity index (χ3n) is 4.19. The maximum absolute atomic E-state index is 13.6. The van der Waals surface area contributed by atoms with Crippen molar-refractivity contribution in [3.63, 3.8) is 0 Å². The molecule has 4 rings (SSSR count). The van der Waals surface area contributed by atoms with Crippen molar-refractivity contribution in [3.05, 3.63) is 64.5 Å². The molecule has 0 saturated heterocycles. The maximum Gasteiger partial charge on any atom is 0.419 e. The van der Waals surface area contributed by atoms with Gasteiger partial charge in [0.2, 0.25) is 0 Å². The number of ether oxygens (including phenoxy) is 2. The van der Waals surface area contributed by atoms with Crippen LogP contribution in [0.5, 0.6) is 11.5 Å². The number of hydrogen-bond donors (Lipinski definition) is 1. The fourth-order valence-corrected chi connectivity index (χ4v) is 2.92. The van der Waals surface area contributed by atoms with E-state index in [9.17, 15) is 22.4 Å². The predicted molar refractivity (Wildman–Crippen MR) is 81.1 cm³/mol. The van der Waals surface area contributed by atoms with Gasteiger partial charge in [-0.3, -0.25) is 0 Å². The van der Waals surface area contributed by atoms with Crippen LogP contribution in [0.3, 0.4) is 0 Å². The Balaban J connectivity index is 1.47. The van der Waals surface area contributed by atoms with E-state index < -0.39 is 29.6 Å². The Kier molecular flexibility index (Phi) is 3.47. The van der Waals surface area contributed by atoms with E-state index in [0.29, 0.717) is 28.7 Å². The number of carbonyl (C=O) groups is 1. The molecule has 0 unspecified atom stereocenters. The molecule has 0 spiro atoms. The van der Waals surface area contributed by atoms with E-state index in [1.165, 1.54) is 0 Å². The first-order chi connectivity index (χ1) is 12.3. The summed E-state index contributed by atoms with van der Waals surface area (Å²) in [6, 6.07) is 7.42. The quantitative estimate of drug-likeness (QED) is 0.830. The van der Waals surface area contributed by atoms with Crippen LogP contribution >= 0.6 is 0 Å². The number of alkyl halides is 3. The van der Waals surface area contributed by atoms with Crippen LogP contribution in [-0.4, -0.2) is 17.2 Å². The van der Waals surface area contributed by atoms with Crippen LogP contribution in [0.4, 0.5) is 17.6 Å². The highest BCUT2D eigenvalue weighted by Gasteiger charge is 2.50. The van der Waals surface area contributed by atoms with E-state index in [0.717, 1.165) is 12.1 Å². The summed E-state index contributed by atoms with van der Waals surface area (Å²) in [5, 5.41) is 8.98. The average Bonchev–Trinajstić information content (AvgIpc) is 3.15. The van der Waals surface area contributed by atoms with Crippen LogP contribution in [0.1, 0.15) is 16.7 Å². The standard InChI is InChI=1S/C18H10F4O4/c19-12-5-8(1-4-11(12)18(20,21)22)7-25-9-2-3-10-13(6-9)26-16-14(10)15(16)17(23)24/h1-6,16H,7H2,(H,23,24)/t16-/m1/s1. The van der Waals surface area contributed by atoms with Crippen LogP contribution in [0.15, 0.2) is 42.0 Å². The highest BCUT2D eigenvalue weighted by Crippen LogP contribution is 2.53. The molecule has 0 radical (unpaired) electrons. The van der Waals surface area contributed by atoms with Crippen molar-refractivity contribution in [3.8, 4) is 11.5 Å². The van der Waals surface area contributed by atoms with E-state index in [2.05, 4.69) is 0 Å². The van der Waals surface area contributed by atoms with Gasteiger partial charge in [0.15, 0.2) is 6.10 Å². The van der Waals surface area contributed by atoms with Gasteiger partial charge in [-0.15, -0.1) is 0 Å². The lowest BCUT2D eigenvalue weighted by atomic mass is 10.1. The third-order valence-corrected chi connectivity index (χ3v) is 4.19. The molecule has 1 aliphatic heterocycles. The molecule has 2 aromatic rings. The summed E-state index contributed by atoms with van der Waals surface area (Å²) in [5.74, 6) is -1.52. The van der Waals surface area contributed by atoms with Crippen LogP contribution in [-0.2, 0) is 17.6 Å². The van der Waals surface area contributed by atoms with Gasteiger partial charge in [0.25, 0.3) is 0 Å². The molecular weight excluding hydrogens is 356 g/mol. The first kappa shape index (κ1) is 16.4. The van der Waals surface area contributed by atoms with Gasteiger partial charge >= 0.3 is 12.1 Å². The topological polar surface area (TPSA) is 55.8 Å². The number of aliphatic carboxylic acids is 1. The predicted octanol–water partition coefficient (Wildman–Crippen LogP) is 4.04. The van der Waals surface area contributed by atoms with Crippen molar-refractivity contribution >= 4 is 11.5 Å². The van der Waals surface area contributed by atoms with Gasteiger partial charge in [-0.1, -0.05) is 6.07 Å². The summed E-state index contributed by atoms with van der Waals surface area (Å²) >= 11 is 0. The van der Waals surface area contributed by atoms with Gasteiger partial charge in [0.05, 0.1) is 11.1 Å². The Morgan fingerprint density at radius 1 is 1.19 bits per heavy atom. The lowest BCUT2D eigenvalue weighted by Crippen LogP contribution is -2.09. The summed E-state index contributed by atoms with van der Waals surface area (Å²) in [4.78, 5) is 11.0. The Morgan fingerprint density at radius 2 is 1.96 bits per heavy atom. The number of fused-ring (bicyclic) bond motifs is 3. The number of halogens is 4. The van der Waals surface area contributed by atoms with Crippen molar-refractivity contribution < 1.29 is 36.9 Å². The van der Waals surface area contributed by atoms with Gasteiger partial charge in [-0.2, -0.15) is 13.2 Å². The van der Waals surface area contributed by atoms with Crippen LogP contribution in [0.25, 0.3) is 5.57 Å². The van der Waals surface area contributed by atoms with Crippen molar-refractivity contribution in [1.82, 2.24) is 0 Å². The summed E-state index contributed by atoms with van der Waals surface area (Å²) in [7, 11) is 0. The SMILES string of the molecule is O=C(O)C1=C2c3ccc(OCc4ccc(C(F)(F)F)c(F)c4)cc3O[C@@H]12. The van der Waals surface area contributed by atoms with Crippen LogP contribution in [0, 0.1) is 5.82 Å². The molecule has 26 heavy (non-hydrogen) atoms. The van der Waals surface area contributed by atoms with Gasteiger partial charge in [0.1, 0.15) is 23.9 Å². The minimum atomic E-state index is -4.74. The largest absolute Gasteiger partial charge is 0.489 e. The fourth-order valence-electron chi connectivity index (χ4n) is 2.92. The first-order valence-electron chi connectivity index (χ1n) is 7.52. The zero-order valence-corrected chi connectivity index (χ0v) is 12.9. The zero-order chi connectivity index (χ0) is 18.6. The van der Waals surface area contributed by atoms with Crippen molar-refractivity contribution in [2.24, 2.45) is 0 Å². The van der Waals surface area contributed by atoms with E-state index >= 15 is 0 Å². The molecule has 0 aromatic heterocycles. The lowest BCUT2D eigenvalue weighted by molar-refractivity contribution is -0.140. The smallest absolute Gasteiger partial charge is 0.419 e. The zero-order valence-electron chi connectivity index (χ0n) is 12.9. The number of carboxylic acids is 1. The molecule has 0 bridgehead atoms. The Hall–Kier alpha value is -3.03. The van der Waals surface area contributed by atoms with Gasteiger partial charge < -0.3 is 14.6 Å². The Bertz CT molecular complexity index is 962. The molecule has 8 heteroatoms. The Labute approximate surface area is 144 Å². The summed E-state index contributed by atoms with van der Waals surface area (Å²) in [6.07, 6.45) is -5.27. The lowest BCUT2D eigenvalue weighted by Gasteiger charge is -2.11. The minimum absolute atomic E-state index is 0.125. The summed E-state index contributed by atoms with van der Waals surface area (Å²) in [5.41, 5.74) is 0.486. The van der Waals surface area contributed by atoms with Crippen LogP contribution in [0.2, 0.25) is 0 Å². The van der Waals surface area contributed by atoms with E-state index in [1.54, 1.807) is 18.2 Å². The third kappa shape index (κ3) is 2.67. The first-order valence-corrected chi connectivity index (χ1v) is 7.52. The van der Waals surface area contributed by atoms with Crippen molar-refractivity contribution in [2.75, 3.05) is 0 Å². The number of hydrogen-bond acceptors (Lipinski definition) is 3. The average molecular weight is 366 g/mol. The monoisotopic (exact) mass is 366 g/mol. The van der Waals surface area contributed by atoms with E-state index in [-0.39, 0.29) is 17.7 Å². The molecule has 1 heterocycles. The molecule has 0 saturated carbocycles. The molecular formula is C18H10F4O4. The minimum Gasteiger partial charge on any atom is -0.489 e. The van der Waals surface area contributed by atoms with Crippen LogP contribution < -0.4 is 9.47 Å². The fraction of sp³-hybridized carbons (Fsp3) is 0.167. The second-order valence-corrected chi connectivity index (χ2v) is 5.89. The van der Waals surface area contributed by atoms with Crippen molar-refractivity contribution in [2.45, 2.75) is 18.9 Å². The number of rotatable bonds is 4. The van der Waals surface area contributed by atoms with Gasteiger partial charge in [-0.25, -0.2) is 9.18 Å². The molecule has 4 nitrogen and oxygen atoms in total. The number of benzene rings is 2. The molecule has 2 aromatic carbocycles. The molecule has 1 aliphatic carbocycles. The highest BCUT2D eigenvalue weighted by atomic mass is 19.4. The second-order valence-electron chi connectivity index (χ2n) is 5.89. The molecule has 134 valence electrons. The molecule has 0 amide bonds. The van der Waals surface area contributed by atoms with Gasteiger partial charge in [0, 0.05) is 17.2 Å². The van der Waals surface area contributed by atoms with Crippen molar-refractivity contribution in [1.29, 1.82) is 0 Å². The second kappa shape index (κ2) is 5.48. The maximum atomic E-state index is 13.6. The highest BCUT2D eigenvalue weighted by molar-refractivity contribution is 6.13. The number of carboxylic acid groups (broad SMARTS) is 1. The summed E-state index contributed by atoms with van der Waals surface area (Å²) in [6.45, 7) is -0.125. The van der Waals surface area contributed by atoms with E-state index in [4.69, 9.17) is 14.6 Å². The molecule has 1 atom stereocenters. The Morgan fingerprint density at radius 3 is 2.62 bits per heavy atom. The molecule has 0 fully saturated rings. The van der Waals surface area contributed by atoms with Gasteiger partial charge in [-0.05, 0) is 29.8 Å². The molecule has 2 aliphatic rings. The normalized spacial score (nSPS) is 17.5. The van der Waals surface area contributed by atoms with E-state index in [1.807, 2.05) is 0 Å². The summed E-state index contributed by atoms with van der Waals surface area (Å²) < 4.78 is 62.2.